The van der Waals surface area contributed by atoms with Gasteiger partial charge in [-0.2, -0.15) is 0 Å². The lowest BCUT2D eigenvalue weighted by atomic mass is 10.1. The summed E-state index contributed by atoms with van der Waals surface area (Å²) in [5, 5.41) is 14.2. The van der Waals surface area contributed by atoms with E-state index in [1.807, 2.05) is 32.0 Å². The molecule has 4 heteroatoms. The van der Waals surface area contributed by atoms with Gasteiger partial charge in [-0.1, -0.05) is 18.2 Å². The zero-order chi connectivity index (χ0) is 12.1. The summed E-state index contributed by atoms with van der Waals surface area (Å²) in [5.74, 6) is 0. The van der Waals surface area contributed by atoms with E-state index in [0.717, 1.165) is 16.8 Å². The molecule has 1 aromatic carbocycles. The van der Waals surface area contributed by atoms with Crippen molar-refractivity contribution in [3.8, 4) is 0 Å². The van der Waals surface area contributed by atoms with Gasteiger partial charge >= 0.3 is 6.03 Å². The van der Waals surface area contributed by atoms with E-state index < -0.39 is 0 Å². The van der Waals surface area contributed by atoms with Crippen molar-refractivity contribution in [1.29, 1.82) is 0 Å². The zero-order valence-electron chi connectivity index (χ0n) is 9.87. The van der Waals surface area contributed by atoms with Crippen molar-refractivity contribution >= 4 is 11.7 Å². The summed E-state index contributed by atoms with van der Waals surface area (Å²) >= 11 is 0. The lowest BCUT2D eigenvalue weighted by Crippen LogP contribution is -2.38. The van der Waals surface area contributed by atoms with Gasteiger partial charge in [-0.15, -0.1) is 0 Å². The van der Waals surface area contributed by atoms with Crippen molar-refractivity contribution in [2.75, 3.05) is 11.9 Å². The Morgan fingerprint density at radius 1 is 1.38 bits per heavy atom. The van der Waals surface area contributed by atoms with Crippen LogP contribution in [0.1, 0.15) is 18.1 Å². The first kappa shape index (κ1) is 12.5. The van der Waals surface area contributed by atoms with Crippen LogP contribution in [-0.2, 0) is 0 Å². The maximum Gasteiger partial charge on any atom is 0.319 e. The summed E-state index contributed by atoms with van der Waals surface area (Å²) in [7, 11) is 0. The summed E-state index contributed by atoms with van der Waals surface area (Å²) in [6.07, 6.45) is 0. The number of aryl methyl sites for hydroxylation is 2. The smallest absolute Gasteiger partial charge is 0.319 e. The highest BCUT2D eigenvalue weighted by atomic mass is 16.3. The number of amides is 2. The molecule has 0 bridgehead atoms. The molecule has 0 aliphatic heterocycles. The van der Waals surface area contributed by atoms with Crippen molar-refractivity contribution < 1.29 is 9.90 Å². The Morgan fingerprint density at radius 3 is 2.44 bits per heavy atom. The first-order valence-corrected chi connectivity index (χ1v) is 5.29. The number of carbonyl (C=O) groups is 1. The maximum atomic E-state index is 11.6. The molecule has 16 heavy (non-hydrogen) atoms. The molecule has 1 atom stereocenters. The van der Waals surface area contributed by atoms with Crippen molar-refractivity contribution in [2.24, 2.45) is 0 Å². The zero-order valence-corrected chi connectivity index (χ0v) is 9.87. The van der Waals surface area contributed by atoms with E-state index in [2.05, 4.69) is 10.6 Å². The topological polar surface area (TPSA) is 61.4 Å². The molecule has 0 fully saturated rings. The number of anilines is 1. The van der Waals surface area contributed by atoms with Crippen LogP contribution in [0.3, 0.4) is 0 Å². The quantitative estimate of drug-likeness (QED) is 0.730. The largest absolute Gasteiger partial charge is 0.394 e. The molecule has 0 saturated heterocycles. The molecule has 0 saturated carbocycles. The van der Waals surface area contributed by atoms with Crippen LogP contribution in [-0.4, -0.2) is 23.8 Å². The van der Waals surface area contributed by atoms with Crippen molar-refractivity contribution in [3.63, 3.8) is 0 Å². The third kappa shape index (κ3) is 3.24. The molecular weight excluding hydrogens is 204 g/mol. The average molecular weight is 222 g/mol. The second-order valence-corrected chi connectivity index (χ2v) is 3.95. The van der Waals surface area contributed by atoms with E-state index >= 15 is 0 Å². The predicted octanol–water partition coefficient (Wildman–Crippen LogP) is 1.81. The molecule has 0 aliphatic carbocycles. The third-order valence-electron chi connectivity index (χ3n) is 2.37. The summed E-state index contributed by atoms with van der Waals surface area (Å²) in [5.41, 5.74) is 2.86. The van der Waals surface area contributed by atoms with Crippen LogP contribution in [0.4, 0.5) is 10.5 Å². The number of carbonyl (C=O) groups excluding carboxylic acids is 1. The van der Waals surface area contributed by atoms with Gasteiger partial charge in [0.15, 0.2) is 0 Å². The number of para-hydroxylation sites is 1. The van der Waals surface area contributed by atoms with Crippen molar-refractivity contribution in [2.45, 2.75) is 26.8 Å². The minimum absolute atomic E-state index is 0.0693. The van der Waals surface area contributed by atoms with Crippen LogP contribution in [0.25, 0.3) is 0 Å². The molecule has 0 heterocycles. The Kier molecular flexibility index (Phi) is 4.31. The van der Waals surface area contributed by atoms with Crippen LogP contribution < -0.4 is 10.6 Å². The van der Waals surface area contributed by atoms with Gasteiger partial charge < -0.3 is 15.7 Å². The number of hydrogen-bond donors (Lipinski definition) is 3. The fourth-order valence-electron chi connectivity index (χ4n) is 1.43. The molecule has 1 rings (SSSR count). The Labute approximate surface area is 95.7 Å². The summed E-state index contributed by atoms with van der Waals surface area (Å²) in [4.78, 5) is 11.6. The Balaban J connectivity index is 2.70. The summed E-state index contributed by atoms with van der Waals surface area (Å²) in [6.45, 7) is 5.56. The third-order valence-corrected chi connectivity index (χ3v) is 2.37. The Morgan fingerprint density at radius 2 is 1.94 bits per heavy atom. The lowest BCUT2D eigenvalue weighted by Gasteiger charge is -2.14. The first-order chi connectivity index (χ1) is 7.54. The van der Waals surface area contributed by atoms with Gasteiger partial charge in [0.1, 0.15) is 0 Å². The van der Waals surface area contributed by atoms with Crippen LogP contribution in [0.15, 0.2) is 18.2 Å². The van der Waals surface area contributed by atoms with E-state index in [0.29, 0.717) is 0 Å². The highest BCUT2D eigenvalue weighted by Gasteiger charge is 2.08. The van der Waals surface area contributed by atoms with Crippen LogP contribution in [0.2, 0.25) is 0 Å². The number of urea groups is 1. The summed E-state index contributed by atoms with van der Waals surface area (Å²) < 4.78 is 0. The van der Waals surface area contributed by atoms with Gasteiger partial charge in [-0.05, 0) is 31.9 Å². The van der Waals surface area contributed by atoms with E-state index in [1.54, 1.807) is 6.92 Å². The van der Waals surface area contributed by atoms with Gasteiger partial charge in [0, 0.05) is 5.69 Å². The van der Waals surface area contributed by atoms with Crippen molar-refractivity contribution in [1.82, 2.24) is 5.32 Å². The van der Waals surface area contributed by atoms with Crippen LogP contribution in [0, 0.1) is 13.8 Å². The molecule has 0 aromatic heterocycles. The second-order valence-electron chi connectivity index (χ2n) is 3.95. The summed E-state index contributed by atoms with van der Waals surface area (Å²) in [6, 6.07) is 5.29. The van der Waals surface area contributed by atoms with E-state index in [4.69, 9.17) is 5.11 Å². The number of aliphatic hydroxyl groups excluding tert-OH is 1. The van der Waals surface area contributed by atoms with Crippen LogP contribution in [0.5, 0.6) is 0 Å². The molecule has 0 aliphatic rings. The SMILES string of the molecule is Cc1cccc(C)c1NC(=O)NC(C)CO. The normalized spacial score (nSPS) is 12.0. The molecular formula is C12H18N2O2. The van der Waals surface area contributed by atoms with Gasteiger partial charge in [0.25, 0.3) is 0 Å². The molecule has 0 radical (unpaired) electrons. The number of hydrogen-bond acceptors (Lipinski definition) is 2. The number of nitrogens with one attached hydrogen (secondary N) is 2. The van der Waals surface area contributed by atoms with E-state index in [-0.39, 0.29) is 18.7 Å². The lowest BCUT2D eigenvalue weighted by molar-refractivity contribution is 0.229. The minimum atomic E-state index is -0.293. The van der Waals surface area contributed by atoms with Crippen molar-refractivity contribution in [3.05, 3.63) is 29.3 Å². The molecule has 1 unspecified atom stereocenters. The standard InChI is InChI=1S/C12H18N2O2/c1-8-5-4-6-9(2)11(8)14-12(16)13-10(3)7-15/h4-6,10,15H,7H2,1-3H3,(H2,13,14,16). The fourth-order valence-corrected chi connectivity index (χ4v) is 1.43. The fraction of sp³-hybridized carbons (Fsp3) is 0.417. The minimum Gasteiger partial charge on any atom is -0.394 e. The molecule has 2 amide bonds. The Hall–Kier alpha value is -1.55. The highest BCUT2D eigenvalue weighted by Crippen LogP contribution is 2.18. The van der Waals surface area contributed by atoms with Gasteiger partial charge in [-0.3, -0.25) is 0 Å². The predicted molar refractivity (Wildman–Crippen MR) is 64.6 cm³/mol. The first-order valence-electron chi connectivity index (χ1n) is 5.29. The van der Waals surface area contributed by atoms with Crippen LogP contribution >= 0.6 is 0 Å². The Bertz CT molecular complexity index is 357. The van der Waals surface area contributed by atoms with Gasteiger partial charge in [0.2, 0.25) is 0 Å². The monoisotopic (exact) mass is 222 g/mol. The molecule has 1 aromatic rings. The molecule has 88 valence electrons. The van der Waals surface area contributed by atoms with Gasteiger partial charge in [-0.25, -0.2) is 4.79 Å². The molecule has 3 N–H and O–H groups in total. The maximum absolute atomic E-state index is 11.6. The highest BCUT2D eigenvalue weighted by molar-refractivity contribution is 5.91. The van der Waals surface area contributed by atoms with Gasteiger partial charge in [0.05, 0.1) is 12.6 Å². The number of benzene rings is 1. The average Bonchev–Trinajstić information content (AvgIpc) is 2.23. The number of rotatable bonds is 3. The van der Waals surface area contributed by atoms with E-state index in [1.165, 1.54) is 0 Å². The second kappa shape index (κ2) is 5.51. The molecule has 4 nitrogen and oxygen atoms in total. The number of aliphatic hydroxyl groups is 1. The van der Waals surface area contributed by atoms with E-state index in [9.17, 15) is 4.79 Å². The molecule has 0 spiro atoms.